The van der Waals surface area contributed by atoms with Crippen LogP contribution in [0.5, 0.6) is 11.5 Å². The molecular weight excluding hydrogens is 995 g/mol. The Morgan fingerprint density at radius 1 is 0.922 bits per heavy atom. The Kier molecular flexibility index (Phi) is 16.4. The summed E-state index contributed by atoms with van der Waals surface area (Å²) < 4.78 is 36.1. The second kappa shape index (κ2) is 22.7. The van der Waals surface area contributed by atoms with Gasteiger partial charge in [0.05, 0.1) is 40.7 Å². The van der Waals surface area contributed by atoms with Crippen LogP contribution in [0.4, 0.5) is 11.4 Å². The smallest absolute Gasteiger partial charge is 0.344 e. The first-order chi connectivity index (χ1) is 36.5. The number of anilines is 2. The summed E-state index contributed by atoms with van der Waals surface area (Å²) in [4.78, 5) is 82.6. The number of hydrogen-bond donors (Lipinski definition) is 5. The number of methoxy groups -OCH3 is 1. The molecule has 1 amide bonds. The van der Waals surface area contributed by atoms with Crippen LogP contribution < -0.4 is 31.0 Å². The van der Waals surface area contributed by atoms with Gasteiger partial charge in [-0.15, -0.1) is 0 Å². The number of nitrogens with one attached hydrogen (secondary N) is 1. The van der Waals surface area contributed by atoms with E-state index in [1.807, 2.05) is 0 Å². The molecule has 0 saturated carbocycles. The lowest BCUT2D eigenvalue weighted by Crippen LogP contribution is -2.47. The first-order valence-corrected chi connectivity index (χ1v) is 25.7. The molecule has 1 fully saturated rings. The average Bonchev–Trinajstić information content (AvgIpc) is 3.84. The highest BCUT2D eigenvalue weighted by atomic mass is 16.7. The molecule has 77 heavy (non-hydrogen) atoms. The van der Waals surface area contributed by atoms with Gasteiger partial charge in [0.25, 0.3) is 5.91 Å². The maximum absolute atomic E-state index is 15.0. The van der Waals surface area contributed by atoms with Crippen molar-refractivity contribution in [2.24, 2.45) is 29.6 Å². The molecule has 0 spiro atoms. The fourth-order valence-corrected chi connectivity index (χ4v) is 10.5. The molecule has 5 aromatic rings. The van der Waals surface area contributed by atoms with Gasteiger partial charge in [0.2, 0.25) is 10.9 Å². The molecule has 1 saturated heterocycles. The number of piperazine rings is 1. The summed E-state index contributed by atoms with van der Waals surface area (Å²) in [7, 11) is 1.39. The Morgan fingerprint density at radius 3 is 2.30 bits per heavy atom. The molecule has 0 radical (unpaired) electrons. The minimum Gasteiger partial charge on any atom is -0.507 e. The van der Waals surface area contributed by atoms with Crippen LogP contribution >= 0.6 is 0 Å². The highest BCUT2D eigenvalue weighted by molar-refractivity contribution is 6.17. The largest absolute Gasteiger partial charge is 0.507 e. The van der Waals surface area contributed by atoms with Gasteiger partial charge in [0.1, 0.15) is 28.8 Å². The lowest BCUT2D eigenvalue weighted by molar-refractivity contribution is -0.166. The van der Waals surface area contributed by atoms with Crippen LogP contribution in [0.2, 0.25) is 0 Å². The molecule has 3 aromatic carbocycles. The molecule has 20 heteroatoms. The topological polar surface area (TPSA) is 270 Å². The number of ether oxygens (including phenoxy) is 5. The van der Waals surface area contributed by atoms with Crippen molar-refractivity contribution in [2.75, 3.05) is 56.7 Å². The van der Waals surface area contributed by atoms with E-state index < -0.39 is 106 Å². The molecule has 4 aliphatic rings. The third-order valence-corrected chi connectivity index (χ3v) is 15.0. The van der Waals surface area contributed by atoms with Gasteiger partial charge in [-0.25, -0.2) is 14.6 Å². The maximum atomic E-state index is 15.0. The summed E-state index contributed by atoms with van der Waals surface area (Å²) >= 11 is 0. The zero-order valence-corrected chi connectivity index (χ0v) is 44.9. The van der Waals surface area contributed by atoms with E-state index >= 15 is 0 Å². The Labute approximate surface area is 444 Å². The number of carbonyl (C=O) groups excluding carboxylic acids is 3. The number of aromatic hydroxyl groups is 1. The SMILES string of the molecule is COC1/C=C/OC2(C)Oc3c(C)c(O)c4c(=O)c(c5oc6cc(N7CCN(CC(C)C)CC7)cc(=O)c6nc5c4c3=C2O)NC(=O)/C(C)=C\C=C\C(C)C(O)C(C)C(O)C(C)C(OC(=O)COC(=O)c2ccncc2)C1C. The molecule has 0 aliphatic carbocycles. The highest BCUT2D eigenvalue weighted by Crippen LogP contribution is 2.42. The fourth-order valence-electron chi connectivity index (χ4n) is 10.5. The molecule has 410 valence electrons. The summed E-state index contributed by atoms with van der Waals surface area (Å²) in [5, 5.41) is 49.9. The number of hydrogen-bond acceptors (Lipinski definition) is 19. The number of carbonyl (C=O) groups is 3. The van der Waals surface area contributed by atoms with Crippen LogP contribution in [-0.2, 0) is 28.5 Å². The zero-order valence-electron chi connectivity index (χ0n) is 44.9. The van der Waals surface area contributed by atoms with Crippen LogP contribution in [0.3, 0.4) is 0 Å². The lowest BCUT2D eigenvalue weighted by Gasteiger charge is -2.38. The van der Waals surface area contributed by atoms with Crippen molar-refractivity contribution in [1.82, 2.24) is 14.9 Å². The molecule has 9 unspecified atom stereocenters. The van der Waals surface area contributed by atoms with Crippen molar-refractivity contribution in [3.05, 3.63) is 110 Å². The van der Waals surface area contributed by atoms with Crippen molar-refractivity contribution < 1.29 is 62.9 Å². The summed E-state index contributed by atoms with van der Waals surface area (Å²) in [6, 6.07) is 5.98. The molecular formula is C57H67N5O15. The monoisotopic (exact) mass is 1060 g/mol. The number of esters is 2. The van der Waals surface area contributed by atoms with E-state index in [-0.39, 0.29) is 60.6 Å². The summed E-state index contributed by atoms with van der Waals surface area (Å²) in [6.45, 7) is 18.4. The van der Waals surface area contributed by atoms with Gasteiger partial charge >= 0.3 is 17.7 Å². The Bertz CT molecular complexity index is 3370. The number of amides is 1. The predicted molar refractivity (Wildman–Crippen MR) is 287 cm³/mol. The van der Waals surface area contributed by atoms with Crippen LogP contribution in [-0.4, -0.2) is 130 Å². The standard InChI is InChI=1S/C57H67N5O15/c1-28(2)26-61-19-21-62(22-20-61)36-24-37(63)44-39(25-36)75-53-45(59-44)41-42-49(67)34(8)52-43(41)54(69)57(9,77-52)74-23-16-38(72-10)31(5)51(76-40(64)27-73-56(71)35-14-17-58-18-15-35)33(7)48(66)32(6)47(65)29(3)12-11-13-30(4)55(70)60-46(53)50(42)68/h11-18,23-25,28-29,31-33,38,47-48,51,65-67,69H,19-22,26-27H2,1-10H3,(H,60,70)/b12-11+,23-16+,30-13-. The van der Waals surface area contributed by atoms with Gasteiger partial charge in [0.15, 0.2) is 29.0 Å². The highest BCUT2D eigenvalue weighted by Gasteiger charge is 2.44. The first kappa shape index (κ1) is 55.8. The van der Waals surface area contributed by atoms with Gasteiger partial charge in [-0.05, 0) is 38.0 Å². The maximum Gasteiger partial charge on any atom is 0.344 e. The number of aliphatic hydroxyl groups excluding tert-OH is 3. The molecule has 6 heterocycles. The number of pyridine rings is 1. The van der Waals surface area contributed by atoms with Crippen molar-refractivity contribution in [3.63, 3.8) is 0 Å². The molecule has 5 N–H and O–H groups in total. The van der Waals surface area contributed by atoms with Crippen LogP contribution in [0.25, 0.3) is 38.7 Å². The molecule has 9 atom stereocenters. The fraction of sp³-hybridized carbons (Fsp3) is 0.456. The average molecular weight is 1060 g/mol. The summed E-state index contributed by atoms with van der Waals surface area (Å²) in [5.41, 5.74) is -1.46. The number of phenols is 1. The summed E-state index contributed by atoms with van der Waals surface area (Å²) in [6.07, 6.45) is 5.53. The third kappa shape index (κ3) is 11.1. The number of nitrogens with zero attached hydrogens (tertiary/aromatic N) is 4. The van der Waals surface area contributed by atoms with Gasteiger partial charge < -0.3 is 58.7 Å². The van der Waals surface area contributed by atoms with Gasteiger partial charge in [-0.2, -0.15) is 0 Å². The van der Waals surface area contributed by atoms with E-state index in [1.54, 1.807) is 45.9 Å². The number of fused-ring (bicyclic) bond motifs is 14. The number of phenolic OH excluding ortho intramolecular Hbond substituents is 1. The zero-order chi connectivity index (χ0) is 55.8. The summed E-state index contributed by atoms with van der Waals surface area (Å²) in [5.74, 6) is -8.37. The van der Waals surface area contributed by atoms with Crippen molar-refractivity contribution >= 4 is 68.0 Å². The number of aliphatic hydroxyl groups is 3. The van der Waals surface area contributed by atoms with Crippen LogP contribution in [0.15, 0.2) is 86.8 Å². The van der Waals surface area contributed by atoms with Crippen LogP contribution in [0, 0.1) is 36.5 Å². The van der Waals surface area contributed by atoms with Gasteiger partial charge in [-0.1, -0.05) is 59.8 Å². The molecule has 4 aliphatic heterocycles. The van der Waals surface area contributed by atoms with Crippen molar-refractivity contribution in [1.29, 1.82) is 0 Å². The molecule has 20 nitrogen and oxygen atoms in total. The molecule has 2 aromatic heterocycles. The van der Waals surface area contributed by atoms with Crippen molar-refractivity contribution in [3.8, 4) is 11.5 Å². The minimum atomic E-state index is -2.06. The van der Waals surface area contributed by atoms with E-state index in [4.69, 9.17) is 33.1 Å². The van der Waals surface area contributed by atoms with E-state index in [9.17, 15) is 44.4 Å². The number of allylic oxidation sites excluding steroid dienone is 2. The van der Waals surface area contributed by atoms with E-state index in [0.29, 0.717) is 24.7 Å². The van der Waals surface area contributed by atoms with Crippen molar-refractivity contribution in [2.45, 2.75) is 92.5 Å². The molecule has 9 rings (SSSR count). The number of rotatable bonds is 8. The second-order valence-corrected chi connectivity index (χ2v) is 20.9. The van der Waals surface area contributed by atoms with Gasteiger partial charge in [-0.3, -0.25) is 24.3 Å². The van der Waals surface area contributed by atoms with E-state index in [0.717, 1.165) is 19.6 Å². The second-order valence-electron chi connectivity index (χ2n) is 20.9. The lowest BCUT2D eigenvalue weighted by atomic mass is 9.78. The Morgan fingerprint density at radius 2 is 1.62 bits per heavy atom. The predicted octanol–water partition coefficient (Wildman–Crippen LogP) is 5.57. The van der Waals surface area contributed by atoms with Crippen LogP contribution in [0.1, 0.15) is 71.3 Å². The van der Waals surface area contributed by atoms with E-state index in [2.05, 4.69) is 33.9 Å². The third-order valence-electron chi connectivity index (χ3n) is 15.0. The minimum absolute atomic E-state index is 0.0163. The number of aromatic nitrogens is 2. The molecule has 5 bridgehead atoms. The first-order valence-electron chi connectivity index (χ1n) is 25.7. The Balaban J connectivity index is 1.26. The quantitative estimate of drug-likeness (QED) is 0.0722. The van der Waals surface area contributed by atoms with Gasteiger partial charge in [0, 0.05) is 117 Å². The van der Waals surface area contributed by atoms with E-state index in [1.165, 1.54) is 76.9 Å². The Hall–Kier alpha value is -7.39. The normalized spacial score (nSPS) is 27.3. The number of benzene rings is 3.